The van der Waals surface area contributed by atoms with Gasteiger partial charge in [-0.05, 0) is 22.9 Å². The van der Waals surface area contributed by atoms with E-state index in [1.165, 1.54) is 23.5 Å². The third-order valence-electron chi connectivity index (χ3n) is 4.07. The van der Waals surface area contributed by atoms with Crippen molar-refractivity contribution in [2.24, 2.45) is 5.10 Å². The van der Waals surface area contributed by atoms with Crippen LogP contribution in [-0.2, 0) is 0 Å². The molecule has 0 fully saturated rings. The van der Waals surface area contributed by atoms with Crippen LogP contribution in [0.25, 0.3) is 22.0 Å². The van der Waals surface area contributed by atoms with Crippen LogP contribution in [0.2, 0.25) is 0 Å². The van der Waals surface area contributed by atoms with Gasteiger partial charge in [0.05, 0.1) is 16.8 Å². The average Bonchev–Trinajstić information content (AvgIpc) is 3.17. The maximum Gasteiger partial charge on any atom is 0.269 e. The Morgan fingerprint density at radius 2 is 1.81 bits per heavy atom. The Labute approximate surface area is 159 Å². The molecule has 0 aliphatic heterocycles. The highest BCUT2D eigenvalue weighted by Gasteiger charge is 2.08. The van der Waals surface area contributed by atoms with E-state index < -0.39 is 4.92 Å². The molecule has 1 N–H and O–H groups in total. The number of nitrogens with zero attached hydrogens (tertiary/aromatic N) is 3. The highest BCUT2D eigenvalue weighted by atomic mass is 32.1. The van der Waals surface area contributed by atoms with Gasteiger partial charge in [0.2, 0.25) is 5.13 Å². The second-order valence-corrected chi connectivity index (χ2v) is 6.64. The number of anilines is 1. The van der Waals surface area contributed by atoms with E-state index in [2.05, 4.69) is 33.7 Å². The topological polar surface area (TPSA) is 80.4 Å². The molecule has 0 spiro atoms. The van der Waals surface area contributed by atoms with Crippen molar-refractivity contribution in [3.8, 4) is 11.3 Å². The molecule has 4 rings (SSSR count). The van der Waals surface area contributed by atoms with Crippen LogP contribution in [0.15, 0.2) is 77.2 Å². The second-order valence-electron chi connectivity index (χ2n) is 5.78. The summed E-state index contributed by atoms with van der Waals surface area (Å²) in [5.41, 5.74) is 5.60. The molecule has 27 heavy (non-hydrogen) atoms. The third-order valence-corrected chi connectivity index (χ3v) is 4.81. The Hall–Kier alpha value is -3.58. The Kier molecular flexibility index (Phi) is 4.59. The molecule has 1 heterocycles. The molecule has 1 aromatic heterocycles. The lowest BCUT2D eigenvalue weighted by Gasteiger charge is -2.01. The minimum absolute atomic E-state index is 0.0621. The van der Waals surface area contributed by atoms with E-state index in [-0.39, 0.29) is 5.69 Å². The van der Waals surface area contributed by atoms with E-state index in [4.69, 9.17) is 0 Å². The lowest BCUT2D eigenvalue weighted by molar-refractivity contribution is -0.384. The summed E-state index contributed by atoms with van der Waals surface area (Å²) < 4.78 is 0. The number of hydrogen-bond acceptors (Lipinski definition) is 6. The number of hydrogen-bond donors (Lipinski definition) is 1. The summed E-state index contributed by atoms with van der Waals surface area (Å²) in [6.07, 6.45) is 1.77. The number of aromatic nitrogens is 1. The SMILES string of the molecule is O=[N+]([O-])c1ccc(-c2csc(N/N=C/c3cccc4ccccc34)n2)cc1. The van der Waals surface area contributed by atoms with Crippen LogP contribution < -0.4 is 5.43 Å². The summed E-state index contributed by atoms with van der Waals surface area (Å²) in [6.45, 7) is 0. The first-order chi connectivity index (χ1) is 13.2. The molecule has 0 aliphatic carbocycles. The summed E-state index contributed by atoms with van der Waals surface area (Å²) in [4.78, 5) is 14.8. The average molecular weight is 374 g/mol. The van der Waals surface area contributed by atoms with Gasteiger partial charge in [-0.25, -0.2) is 4.98 Å². The summed E-state index contributed by atoms with van der Waals surface area (Å²) in [7, 11) is 0. The molecule has 132 valence electrons. The monoisotopic (exact) mass is 374 g/mol. The molecule has 0 bridgehead atoms. The van der Waals surface area contributed by atoms with Crippen molar-refractivity contribution in [3.63, 3.8) is 0 Å². The molecule has 0 saturated carbocycles. The smallest absolute Gasteiger partial charge is 0.258 e. The second kappa shape index (κ2) is 7.35. The van der Waals surface area contributed by atoms with Gasteiger partial charge >= 0.3 is 0 Å². The highest BCUT2D eigenvalue weighted by molar-refractivity contribution is 7.14. The predicted molar refractivity (Wildman–Crippen MR) is 109 cm³/mol. The standard InChI is InChI=1S/C20H14N4O2S/c25-24(26)17-10-8-15(9-11-17)19-13-27-20(22-19)23-21-12-16-6-3-5-14-4-1-2-7-18(14)16/h1-13H,(H,22,23)/b21-12+. The Bertz CT molecular complexity index is 1130. The normalized spacial score (nSPS) is 11.1. The van der Waals surface area contributed by atoms with Crippen molar-refractivity contribution < 1.29 is 4.92 Å². The van der Waals surface area contributed by atoms with E-state index in [1.54, 1.807) is 18.3 Å². The first-order valence-electron chi connectivity index (χ1n) is 8.18. The van der Waals surface area contributed by atoms with E-state index in [9.17, 15) is 10.1 Å². The largest absolute Gasteiger partial charge is 0.269 e. The van der Waals surface area contributed by atoms with Crippen molar-refractivity contribution in [1.82, 2.24) is 4.98 Å². The fraction of sp³-hybridized carbons (Fsp3) is 0. The number of hydrazone groups is 1. The first-order valence-corrected chi connectivity index (χ1v) is 9.06. The maximum atomic E-state index is 10.7. The van der Waals surface area contributed by atoms with E-state index in [0.717, 1.165) is 27.6 Å². The molecule has 3 aromatic carbocycles. The molecule has 0 amide bonds. The van der Waals surface area contributed by atoms with E-state index >= 15 is 0 Å². The van der Waals surface area contributed by atoms with Gasteiger partial charge in [-0.15, -0.1) is 11.3 Å². The molecular formula is C20H14N4O2S. The molecular weight excluding hydrogens is 360 g/mol. The molecule has 0 aliphatic rings. The van der Waals surface area contributed by atoms with Gasteiger partial charge < -0.3 is 0 Å². The van der Waals surface area contributed by atoms with Gasteiger partial charge in [0.25, 0.3) is 5.69 Å². The van der Waals surface area contributed by atoms with E-state index in [0.29, 0.717) is 5.13 Å². The molecule has 0 atom stereocenters. The fourth-order valence-corrected chi connectivity index (χ4v) is 3.40. The van der Waals surface area contributed by atoms with Crippen LogP contribution >= 0.6 is 11.3 Å². The van der Waals surface area contributed by atoms with Crippen LogP contribution in [-0.4, -0.2) is 16.1 Å². The van der Waals surface area contributed by atoms with Gasteiger partial charge in [0, 0.05) is 28.6 Å². The summed E-state index contributed by atoms with van der Waals surface area (Å²) in [5, 5.41) is 19.9. The van der Waals surface area contributed by atoms with Crippen molar-refractivity contribution >= 4 is 39.1 Å². The molecule has 0 saturated heterocycles. The summed E-state index contributed by atoms with van der Waals surface area (Å²) in [6, 6.07) is 20.5. The van der Waals surface area contributed by atoms with Crippen molar-refractivity contribution in [2.75, 3.05) is 5.43 Å². The molecule has 0 unspecified atom stereocenters. The van der Waals surface area contributed by atoms with Gasteiger partial charge in [-0.3, -0.25) is 15.5 Å². The van der Waals surface area contributed by atoms with Crippen LogP contribution in [0.4, 0.5) is 10.8 Å². The van der Waals surface area contributed by atoms with Gasteiger partial charge in [-0.1, -0.05) is 42.5 Å². The number of thiazole rings is 1. The summed E-state index contributed by atoms with van der Waals surface area (Å²) >= 11 is 1.42. The van der Waals surface area contributed by atoms with E-state index in [1.807, 2.05) is 29.6 Å². The van der Waals surface area contributed by atoms with Gasteiger partial charge in [-0.2, -0.15) is 5.10 Å². The first kappa shape index (κ1) is 16.9. The number of nitrogens with one attached hydrogen (secondary N) is 1. The van der Waals surface area contributed by atoms with Crippen LogP contribution in [0.1, 0.15) is 5.56 Å². The number of non-ortho nitro benzene ring substituents is 1. The number of nitro benzene ring substituents is 1. The quantitative estimate of drug-likeness (QED) is 0.291. The number of nitro groups is 1. The zero-order chi connectivity index (χ0) is 18.6. The van der Waals surface area contributed by atoms with Crippen LogP contribution in [0.3, 0.4) is 0 Å². The number of fused-ring (bicyclic) bond motifs is 1. The lowest BCUT2D eigenvalue weighted by Crippen LogP contribution is -1.91. The van der Waals surface area contributed by atoms with Crippen molar-refractivity contribution in [1.29, 1.82) is 0 Å². The van der Waals surface area contributed by atoms with Gasteiger partial charge in [0.15, 0.2) is 0 Å². The van der Waals surface area contributed by atoms with Gasteiger partial charge in [0.1, 0.15) is 0 Å². The fourth-order valence-electron chi connectivity index (χ4n) is 2.73. The maximum absolute atomic E-state index is 10.7. The van der Waals surface area contributed by atoms with Crippen molar-refractivity contribution in [2.45, 2.75) is 0 Å². The van der Waals surface area contributed by atoms with Crippen molar-refractivity contribution in [3.05, 3.63) is 87.8 Å². The number of rotatable bonds is 5. The highest BCUT2D eigenvalue weighted by Crippen LogP contribution is 2.26. The van der Waals surface area contributed by atoms with Crippen LogP contribution in [0, 0.1) is 10.1 Å². The lowest BCUT2D eigenvalue weighted by atomic mass is 10.1. The predicted octanol–water partition coefficient (Wildman–Crippen LogP) is 5.32. The van der Waals surface area contributed by atoms with Crippen LogP contribution in [0.5, 0.6) is 0 Å². The Balaban J connectivity index is 1.49. The molecule has 6 nitrogen and oxygen atoms in total. The minimum atomic E-state index is -0.417. The zero-order valence-corrected chi connectivity index (χ0v) is 14.9. The Morgan fingerprint density at radius 3 is 2.63 bits per heavy atom. The molecule has 7 heteroatoms. The number of benzene rings is 3. The zero-order valence-electron chi connectivity index (χ0n) is 14.1. The third kappa shape index (κ3) is 3.68. The summed E-state index contributed by atoms with van der Waals surface area (Å²) in [5.74, 6) is 0. The Morgan fingerprint density at radius 1 is 1.04 bits per heavy atom. The molecule has 4 aromatic rings. The molecule has 0 radical (unpaired) electrons. The minimum Gasteiger partial charge on any atom is -0.258 e.